The number of anilines is 1. The van der Waals surface area contributed by atoms with E-state index in [4.69, 9.17) is 4.74 Å². The first-order chi connectivity index (χ1) is 13.2. The third kappa shape index (κ3) is 3.91. The Balaban J connectivity index is 1.51. The molecule has 7 nitrogen and oxygen atoms in total. The molecule has 1 aliphatic heterocycles. The molecular formula is C19H21N5O2S. The van der Waals surface area contributed by atoms with Crippen LogP contribution in [0.1, 0.15) is 27.3 Å². The van der Waals surface area contributed by atoms with E-state index in [2.05, 4.69) is 25.6 Å². The van der Waals surface area contributed by atoms with E-state index in [0.717, 1.165) is 40.1 Å². The highest BCUT2D eigenvalue weighted by molar-refractivity contribution is 7.20. The van der Waals surface area contributed by atoms with Crippen LogP contribution in [0.25, 0.3) is 10.2 Å². The molecule has 1 saturated heterocycles. The molecule has 1 amide bonds. The number of hydrogen-bond donors (Lipinski definition) is 2. The fourth-order valence-electron chi connectivity index (χ4n) is 3.18. The number of rotatable bonds is 6. The second-order valence-corrected chi connectivity index (χ2v) is 7.49. The topological polar surface area (TPSA) is 89.0 Å². The van der Waals surface area contributed by atoms with Crippen LogP contribution < -0.4 is 10.6 Å². The lowest BCUT2D eigenvalue weighted by molar-refractivity contribution is 0.0933. The highest BCUT2D eigenvalue weighted by atomic mass is 32.1. The second-order valence-electron chi connectivity index (χ2n) is 6.49. The van der Waals surface area contributed by atoms with Crippen LogP contribution in [-0.4, -0.2) is 46.7 Å². The van der Waals surface area contributed by atoms with Crippen LogP contribution in [-0.2, 0) is 11.2 Å². The third-order valence-corrected chi connectivity index (χ3v) is 5.80. The van der Waals surface area contributed by atoms with Gasteiger partial charge in [-0.05, 0) is 31.0 Å². The van der Waals surface area contributed by atoms with Crippen molar-refractivity contribution in [3.8, 4) is 0 Å². The predicted octanol–water partition coefficient (Wildman–Crippen LogP) is 2.57. The maximum absolute atomic E-state index is 12.7. The molecule has 1 unspecified atom stereocenters. The summed E-state index contributed by atoms with van der Waals surface area (Å²) in [5, 5.41) is 7.33. The Bertz CT molecular complexity index is 938. The molecule has 0 bridgehead atoms. The Kier molecular flexibility index (Phi) is 5.26. The number of amides is 1. The Morgan fingerprint density at radius 2 is 2.26 bits per heavy atom. The minimum Gasteiger partial charge on any atom is -0.379 e. The van der Waals surface area contributed by atoms with Crippen molar-refractivity contribution in [1.29, 1.82) is 0 Å². The Labute approximate surface area is 161 Å². The predicted molar refractivity (Wildman–Crippen MR) is 105 cm³/mol. The van der Waals surface area contributed by atoms with Crippen LogP contribution in [0, 0.1) is 6.92 Å². The molecule has 27 heavy (non-hydrogen) atoms. The summed E-state index contributed by atoms with van der Waals surface area (Å²) in [7, 11) is 0. The monoisotopic (exact) mass is 383 g/mol. The fraction of sp³-hybridized carbons (Fsp3) is 0.368. The molecule has 4 heterocycles. The van der Waals surface area contributed by atoms with Gasteiger partial charge in [0.2, 0.25) is 0 Å². The number of aryl methyl sites for hydroxylation is 1. The van der Waals surface area contributed by atoms with Gasteiger partial charge in [0.05, 0.1) is 22.9 Å². The van der Waals surface area contributed by atoms with Crippen molar-refractivity contribution in [2.24, 2.45) is 0 Å². The molecule has 140 valence electrons. The van der Waals surface area contributed by atoms with Crippen molar-refractivity contribution in [3.63, 3.8) is 0 Å². The van der Waals surface area contributed by atoms with Gasteiger partial charge in [-0.3, -0.25) is 9.78 Å². The summed E-state index contributed by atoms with van der Waals surface area (Å²) in [5.41, 5.74) is 1.93. The number of thiophene rings is 1. The highest BCUT2D eigenvalue weighted by Crippen LogP contribution is 2.33. The lowest BCUT2D eigenvalue weighted by Gasteiger charge is -2.10. The minimum absolute atomic E-state index is 0.0644. The molecule has 2 N–H and O–H groups in total. The fourth-order valence-corrected chi connectivity index (χ4v) is 4.23. The maximum Gasteiger partial charge on any atom is 0.262 e. The van der Waals surface area contributed by atoms with Gasteiger partial charge in [0.25, 0.3) is 5.91 Å². The van der Waals surface area contributed by atoms with Crippen molar-refractivity contribution in [1.82, 2.24) is 20.3 Å². The van der Waals surface area contributed by atoms with Crippen molar-refractivity contribution in [3.05, 3.63) is 46.9 Å². The van der Waals surface area contributed by atoms with Crippen LogP contribution in [0.4, 0.5) is 5.82 Å². The number of fused-ring (bicyclic) bond motifs is 1. The van der Waals surface area contributed by atoms with E-state index >= 15 is 0 Å². The lowest BCUT2D eigenvalue weighted by atomic mass is 10.2. The van der Waals surface area contributed by atoms with E-state index in [1.54, 1.807) is 6.20 Å². The molecule has 4 rings (SSSR count). The van der Waals surface area contributed by atoms with Crippen LogP contribution in [0.15, 0.2) is 30.7 Å². The van der Waals surface area contributed by atoms with Crippen LogP contribution in [0.3, 0.4) is 0 Å². The van der Waals surface area contributed by atoms with Crippen LogP contribution in [0.5, 0.6) is 0 Å². The maximum atomic E-state index is 12.7. The first-order valence-electron chi connectivity index (χ1n) is 8.99. The SMILES string of the molecule is Cc1c(C(=O)NC2CCOC2)sc2ncnc(NCCc3ccccn3)c12. The number of ether oxygens (including phenoxy) is 1. The van der Waals surface area contributed by atoms with Crippen LogP contribution in [0.2, 0.25) is 0 Å². The summed E-state index contributed by atoms with van der Waals surface area (Å²) in [6.45, 7) is 3.94. The van der Waals surface area contributed by atoms with Gasteiger partial charge in [0.15, 0.2) is 0 Å². The summed E-state index contributed by atoms with van der Waals surface area (Å²) >= 11 is 1.40. The zero-order valence-corrected chi connectivity index (χ0v) is 15.9. The Morgan fingerprint density at radius 1 is 1.33 bits per heavy atom. The van der Waals surface area contributed by atoms with Gasteiger partial charge >= 0.3 is 0 Å². The number of aromatic nitrogens is 3. The van der Waals surface area contributed by atoms with Gasteiger partial charge in [-0.1, -0.05) is 6.07 Å². The molecule has 0 spiro atoms. The number of nitrogens with one attached hydrogen (secondary N) is 2. The molecule has 0 saturated carbocycles. The quantitative estimate of drug-likeness (QED) is 0.680. The zero-order valence-electron chi connectivity index (χ0n) is 15.1. The first kappa shape index (κ1) is 17.8. The van der Waals surface area contributed by atoms with Gasteiger partial charge in [0.1, 0.15) is 17.0 Å². The van der Waals surface area contributed by atoms with E-state index < -0.39 is 0 Å². The molecule has 1 fully saturated rings. The number of carbonyl (C=O) groups is 1. The number of pyridine rings is 1. The van der Waals surface area contributed by atoms with Gasteiger partial charge in [-0.25, -0.2) is 9.97 Å². The minimum atomic E-state index is -0.0644. The number of nitrogens with zero attached hydrogens (tertiary/aromatic N) is 3. The normalized spacial score (nSPS) is 16.6. The molecule has 0 radical (unpaired) electrons. The molecule has 1 aliphatic rings. The summed E-state index contributed by atoms with van der Waals surface area (Å²) in [5.74, 6) is 0.693. The molecule has 3 aromatic heterocycles. The Hall–Kier alpha value is -2.58. The van der Waals surface area contributed by atoms with Gasteiger partial charge in [-0.15, -0.1) is 11.3 Å². The van der Waals surface area contributed by atoms with Gasteiger partial charge in [0, 0.05) is 31.5 Å². The van der Waals surface area contributed by atoms with Crippen molar-refractivity contribution >= 4 is 33.3 Å². The summed E-state index contributed by atoms with van der Waals surface area (Å²) < 4.78 is 5.33. The Morgan fingerprint density at radius 3 is 3.04 bits per heavy atom. The lowest BCUT2D eigenvalue weighted by Crippen LogP contribution is -2.34. The van der Waals surface area contributed by atoms with E-state index in [1.165, 1.54) is 17.7 Å². The zero-order chi connectivity index (χ0) is 18.6. The molecule has 1 atom stereocenters. The van der Waals surface area contributed by atoms with Crippen molar-refractivity contribution in [2.75, 3.05) is 25.1 Å². The molecule has 0 aliphatic carbocycles. The largest absolute Gasteiger partial charge is 0.379 e. The summed E-state index contributed by atoms with van der Waals surface area (Å²) in [4.78, 5) is 27.2. The summed E-state index contributed by atoms with van der Waals surface area (Å²) in [6, 6.07) is 5.98. The van der Waals surface area contributed by atoms with Crippen molar-refractivity contribution < 1.29 is 9.53 Å². The number of hydrogen-bond acceptors (Lipinski definition) is 7. The average Bonchev–Trinajstić information content (AvgIpc) is 3.31. The van der Waals surface area contributed by atoms with Crippen LogP contribution >= 0.6 is 11.3 Å². The van der Waals surface area contributed by atoms with E-state index in [-0.39, 0.29) is 11.9 Å². The molecule has 0 aromatic carbocycles. The molecule has 3 aromatic rings. The average molecular weight is 383 g/mol. The molecule has 8 heteroatoms. The first-order valence-corrected chi connectivity index (χ1v) is 9.80. The third-order valence-electron chi connectivity index (χ3n) is 4.60. The van der Waals surface area contributed by atoms with E-state index in [0.29, 0.717) is 24.6 Å². The number of carbonyl (C=O) groups excluding carboxylic acids is 1. The molecular weight excluding hydrogens is 362 g/mol. The highest BCUT2D eigenvalue weighted by Gasteiger charge is 2.23. The summed E-state index contributed by atoms with van der Waals surface area (Å²) in [6.07, 6.45) is 4.98. The smallest absolute Gasteiger partial charge is 0.262 e. The van der Waals surface area contributed by atoms with Gasteiger partial charge in [-0.2, -0.15) is 0 Å². The van der Waals surface area contributed by atoms with Gasteiger partial charge < -0.3 is 15.4 Å². The van der Waals surface area contributed by atoms with Crippen molar-refractivity contribution in [2.45, 2.75) is 25.8 Å². The standard InChI is InChI=1S/C19H21N5O2S/c1-12-15-17(21-8-5-13-4-2-3-7-20-13)22-11-23-19(15)27-16(12)18(25)24-14-6-9-26-10-14/h2-4,7,11,14H,5-6,8-10H2,1H3,(H,24,25)(H,21,22,23). The van der Waals surface area contributed by atoms with E-state index in [9.17, 15) is 4.79 Å². The second kappa shape index (κ2) is 7.98. The van der Waals surface area contributed by atoms with E-state index in [1.807, 2.05) is 25.1 Å².